The summed E-state index contributed by atoms with van der Waals surface area (Å²) in [4.78, 5) is 0.328. The van der Waals surface area contributed by atoms with Crippen molar-refractivity contribution in [3.63, 3.8) is 0 Å². The van der Waals surface area contributed by atoms with Gasteiger partial charge in [-0.2, -0.15) is 0 Å². The van der Waals surface area contributed by atoms with E-state index in [1.54, 1.807) is 72.8 Å². The van der Waals surface area contributed by atoms with Gasteiger partial charge in [-0.25, -0.2) is 8.42 Å². The molecule has 0 bridgehead atoms. The number of nitrogens with two attached hydrogens (primary N) is 4. The standard InChI is InChI=1S/C27H26N2O2.C24H20N2O4S/c1-27(2,19-3-11-23(12-4-19)30-25-15-7-21(28)8-16-25)20-5-13-24(14-6-20)31-26-17-9-22(29)10-18-26;25-17-3-1-5-21(15-17)29-19-7-11-23(12-8-19)31(27,28)24-13-9-20(10-14-24)30-22-6-2-4-18(26)16-22/h3-18H,28-29H2,1-2H3;1-16H,25-26H2. The van der Waals surface area contributed by atoms with Crippen molar-refractivity contribution in [2.24, 2.45) is 0 Å². The lowest BCUT2D eigenvalue weighted by atomic mass is 9.78. The van der Waals surface area contributed by atoms with E-state index in [0.29, 0.717) is 45.7 Å². The van der Waals surface area contributed by atoms with Crippen LogP contribution in [0.25, 0.3) is 0 Å². The highest BCUT2D eigenvalue weighted by Crippen LogP contribution is 2.35. The van der Waals surface area contributed by atoms with Crippen LogP contribution in [0, 0.1) is 0 Å². The predicted molar refractivity (Wildman–Crippen MR) is 247 cm³/mol. The Bertz CT molecular complexity index is 2640. The van der Waals surface area contributed by atoms with E-state index >= 15 is 0 Å². The average Bonchev–Trinajstić information content (AvgIpc) is 3.26. The molecule has 0 heterocycles. The van der Waals surface area contributed by atoms with Gasteiger partial charge >= 0.3 is 0 Å². The van der Waals surface area contributed by atoms with E-state index in [1.165, 1.54) is 35.4 Å². The number of ether oxygens (including phenoxy) is 4. The minimum atomic E-state index is -3.68. The van der Waals surface area contributed by atoms with Gasteiger partial charge in [0.05, 0.1) is 9.79 Å². The van der Waals surface area contributed by atoms with Crippen molar-refractivity contribution in [3.05, 3.63) is 205 Å². The first kappa shape index (κ1) is 42.2. The van der Waals surface area contributed by atoms with Crippen molar-refractivity contribution < 1.29 is 27.4 Å². The molecule has 0 aliphatic carbocycles. The second-order valence-corrected chi connectivity index (χ2v) is 16.8. The summed E-state index contributed by atoms with van der Waals surface area (Å²) in [6.45, 7) is 4.41. The zero-order valence-electron chi connectivity index (χ0n) is 34.1. The maximum absolute atomic E-state index is 12.9. The lowest BCUT2D eigenvalue weighted by Gasteiger charge is -2.26. The van der Waals surface area contributed by atoms with E-state index in [1.807, 2.05) is 72.8 Å². The Labute approximate surface area is 361 Å². The summed E-state index contributed by atoms with van der Waals surface area (Å²) >= 11 is 0. The lowest BCUT2D eigenvalue weighted by Crippen LogP contribution is -2.18. The maximum atomic E-state index is 12.9. The van der Waals surface area contributed by atoms with Gasteiger partial charge in [-0.15, -0.1) is 0 Å². The minimum absolute atomic E-state index is 0.164. The molecule has 62 heavy (non-hydrogen) atoms. The summed E-state index contributed by atoms with van der Waals surface area (Å²) in [5, 5.41) is 0. The van der Waals surface area contributed by atoms with Crippen LogP contribution in [0.2, 0.25) is 0 Å². The number of rotatable bonds is 12. The van der Waals surface area contributed by atoms with Crippen LogP contribution >= 0.6 is 0 Å². The largest absolute Gasteiger partial charge is 0.457 e. The summed E-state index contributed by atoms with van der Waals surface area (Å²) in [6.07, 6.45) is 0. The van der Waals surface area contributed by atoms with Crippen molar-refractivity contribution in [1.29, 1.82) is 0 Å². The third-order valence-electron chi connectivity index (χ3n) is 9.84. The summed E-state index contributed by atoms with van der Waals surface area (Å²) < 4.78 is 49.1. The van der Waals surface area contributed by atoms with Gasteiger partial charge in [0.1, 0.15) is 46.0 Å². The van der Waals surface area contributed by atoms with Crippen LogP contribution in [-0.2, 0) is 15.3 Å². The second kappa shape index (κ2) is 18.6. The van der Waals surface area contributed by atoms with Gasteiger partial charge in [0, 0.05) is 40.3 Å². The van der Waals surface area contributed by atoms with E-state index in [9.17, 15) is 8.42 Å². The number of anilines is 4. The van der Waals surface area contributed by atoms with E-state index in [-0.39, 0.29) is 15.2 Å². The van der Waals surface area contributed by atoms with E-state index in [4.69, 9.17) is 41.9 Å². The summed E-state index contributed by atoms with van der Waals surface area (Å²) in [5.74, 6) is 5.27. The zero-order chi connectivity index (χ0) is 43.7. The van der Waals surface area contributed by atoms with Gasteiger partial charge in [-0.3, -0.25) is 0 Å². The fourth-order valence-corrected chi connectivity index (χ4v) is 7.59. The molecule has 0 spiro atoms. The van der Waals surface area contributed by atoms with Crippen molar-refractivity contribution in [1.82, 2.24) is 0 Å². The topological polar surface area (TPSA) is 175 Å². The van der Waals surface area contributed by atoms with Crippen LogP contribution < -0.4 is 41.9 Å². The number of hydrogen-bond acceptors (Lipinski definition) is 10. The molecule has 312 valence electrons. The molecule has 8 aromatic rings. The van der Waals surface area contributed by atoms with Crippen LogP contribution in [-0.4, -0.2) is 8.42 Å². The molecule has 0 unspecified atom stereocenters. The third kappa shape index (κ3) is 10.8. The first-order valence-corrected chi connectivity index (χ1v) is 21.1. The quantitative estimate of drug-likeness (QED) is 0.0866. The molecule has 0 fully saturated rings. The highest BCUT2D eigenvalue weighted by molar-refractivity contribution is 7.91. The van der Waals surface area contributed by atoms with Crippen molar-refractivity contribution >= 4 is 32.6 Å². The molecule has 10 nitrogen and oxygen atoms in total. The molecule has 8 N–H and O–H groups in total. The zero-order valence-corrected chi connectivity index (χ0v) is 35.0. The summed E-state index contributed by atoms with van der Waals surface area (Å²) in [6, 6.07) is 57.6. The monoisotopic (exact) mass is 842 g/mol. The van der Waals surface area contributed by atoms with Gasteiger partial charge in [-0.1, -0.05) is 50.2 Å². The second-order valence-electron chi connectivity index (χ2n) is 14.8. The lowest BCUT2D eigenvalue weighted by molar-refractivity contribution is 0.481. The number of benzene rings is 8. The van der Waals surface area contributed by atoms with E-state index < -0.39 is 9.84 Å². The maximum Gasteiger partial charge on any atom is 0.206 e. The smallest absolute Gasteiger partial charge is 0.206 e. The van der Waals surface area contributed by atoms with E-state index in [2.05, 4.69) is 38.1 Å². The molecule has 11 heteroatoms. The molecule has 8 rings (SSSR count). The Morgan fingerprint density at radius 3 is 0.919 bits per heavy atom. The summed E-state index contributed by atoms with van der Waals surface area (Å²) in [5.41, 5.74) is 27.8. The minimum Gasteiger partial charge on any atom is -0.457 e. The van der Waals surface area contributed by atoms with Crippen LogP contribution in [0.5, 0.6) is 46.0 Å². The number of hydrogen-bond donors (Lipinski definition) is 4. The number of nitrogen functional groups attached to an aromatic ring is 4. The normalized spacial score (nSPS) is 11.1. The first-order valence-electron chi connectivity index (χ1n) is 19.6. The Morgan fingerprint density at radius 2 is 0.613 bits per heavy atom. The van der Waals surface area contributed by atoms with Gasteiger partial charge in [0.25, 0.3) is 0 Å². The molecule has 0 atom stereocenters. The van der Waals surface area contributed by atoms with Crippen molar-refractivity contribution in [3.8, 4) is 46.0 Å². The molecule has 0 amide bonds. The SMILES string of the molecule is CC(C)(c1ccc(Oc2ccc(N)cc2)cc1)c1ccc(Oc2ccc(N)cc2)cc1.Nc1cccc(Oc2ccc(S(=O)(=O)c3ccc(Oc4cccc(N)c4)cc3)cc2)c1. The van der Waals surface area contributed by atoms with Crippen LogP contribution in [0.15, 0.2) is 204 Å². The third-order valence-corrected chi connectivity index (χ3v) is 11.6. The highest BCUT2D eigenvalue weighted by atomic mass is 32.2. The molecule has 0 saturated heterocycles. The Hall–Kier alpha value is -7.89. The van der Waals surface area contributed by atoms with Gasteiger partial charge in [0.2, 0.25) is 9.84 Å². The Kier molecular flexibility index (Phi) is 12.7. The molecule has 0 aromatic heterocycles. The van der Waals surface area contributed by atoms with Crippen LogP contribution in [0.4, 0.5) is 22.7 Å². The molecule has 8 aromatic carbocycles. The predicted octanol–water partition coefficient (Wildman–Crippen LogP) is 12.0. The van der Waals surface area contributed by atoms with Crippen LogP contribution in [0.3, 0.4) is 0 Å². The molecular formula is C51H46N4O6S. The fraction of sp³-hybridized carbons (Fsp3) is 0.0588. The average molecular weight is 843 g/mol. The van der Waals surface area contributed by atoms with Gasteiger partial charge in [-0.05, 0) is 157 Å². The number of sulfone groups is 1. The fourth-order valence-electron chi connectivity index (χ4n) is 6.33. The van der Waals surface area contributed by atoms with Crippen molar-refractivity contribution in [2.75, 3.05) is 22.9 Å². The first-order chi connectivity index (χ1) is 29.8. The molecule has 0 saturated carbocycles. The highest BCUT2D eigenvalue weighted by Gasteiger charge is 2.23. The molecule has 0 radical (unpaired) electrons. The molecular weight excluding hydrogens is 797 g/mol. The molecule has 0 aliphatic heterocycles. The van der Waals surface area contributed by atoms with Crippen LogP contribution in [0.1, 0.15) is 25.0 Å². The summed E-state index contributed by atoms with van der Waals surface area (Å²) in [7, 11) is -3.68. The molecule has 0 aliphatic rings. The Morgan fingerprint density at radius 1 is 0.339 bits per heavy atom. The van der Waals surface area contributed by atoms with Crippen molar-refractivity contribution in [2.45, 2.75) is 29.1 Å². The Balaban J connectivity index is 0.000000186. The van der Waals surface area contributed by atoms with Gasteiger partial charge < -0.3 is 41.9 Å². The van der Waals surface area contributed by atoms with E-state index in [0.717, 1.165) is 23.0 Å². The van der Waals surface area contributed by atoms with Gasteiger partial charge in [0.15, 0.2) is 0 Å².